The molecule has 0 spiro atoms. The van der Waals surface area contributed by atoms with Crippen LogP contribution in [0.2, 0.25) is 0 Å². The molecule has 1 aromatic heterocycles. The van der Waals surface area contributed by atoms with Crippen molar-refractivity contribution in [1.29, 1.82) is 0 Å². The molecule has 3 N–H and O–H groups in total. The third-order valence-corrected chi connectivity index (χ3v) is 4.51. The van der Waals surface area contributed by atoms with Gasteiger partial charge in [0.1, 0.15) is 5.82 Å². The van der Waals surface area contributed by atoms with Gasteiger partial charge in [-0.05, 0) is 13.8 Å². The first kappa shape index (κ1) is 14.8. The van der Waals surface area contributed by atoms with E-state index in [1.807, 2.05) is 13.8 Å². The zero-order valence-electron chi connectivity index (χ0n) is 11.3. The lowest BCUT2D eigenvalue weighted by molar-refractivity contribution is 0.521. The second-order valence-corrected chi connectivity index (χ2v) is 6.49. The zero-order valence-corrected chi connectivity index (χ0v) is 12.1. The Kier molecular flexibility index (Phi) is 4.58. The number of nitrogens with one attached hydrogen (secondary N) is 1. The molecule has 0 aliphatic carbocycles. The molecule has 7 nitrogen and oxygen atoms in total. The molecule has 0 aliphatic rings. The number of hydrogen-bond acceptors (Lipinski definition) is 5. The third-order valence-electron chi connectivity index (χ3n) is 2.68. The highest BCUT2D eigenvalue weighted by molar-refractivity contribution is 7.89. The molecule has 18 heavy (non-hydrogen) atoms. The lowest BCUT2D eigenvalue weighted by Gasteiger charge is -2.13. The van der Waals surface area contributed by atoms with E-state index in [-0.39, 0.29) is 5.75 Å². The van der Waals surface area contributed by atoms with E-state index < -0.39 is 10.0 Å². The van der Waals surface area contributed by atoms with Crippen LogP contribution in [0.3, 0.4) is 0 Å². The molecule has 104 valence electrons. The fraction of sp³-hybridized carbons (Fsp3) is 0.700. The summed E-state index contributed by atoms with van der Waals surface area (Å²) in [5.41, 5.74) is 7.20. The molecule has 8 heteroatoms. The molecule has 1 aromatic rings. The van der Waals surface area contributed by atoms with E-state index in [4.69, 9.17) is 5.73 Å². The Bertz CT molecular complexity index is 507. The van der Waals surface area contributed by atoms with Gasteiger partial charge in [-0.2, -0.15) is 5.10 Å². The topological polar surface area (TPSA) is 93.2 Å². The summed E-state index contributed by atoms with van der Waals surface area (Å²) in [6.45, 7) is 4.76. The van der Waals surface area contributed by atoms with Gasteiger partial charge in [-0.1, -0.05) is 0 Å². The van der Waals surface area contributed by atoms with Gasteiger partial charge in [0.25, 0.3) is 0 Å². The molecule has 0 unspecified atom stereocenters. The largest absolute Gasteiger partial charge is 0.394 e. The van der Waals surface area contributed by atoms with Gasteiger partial charge < -0.3 is 11.1 Å². The van der Waals surface area contributed by atoms with Crippen molar-refractivity contribution >= 4 is 21.5 Å². The van der Waals surface area contributed by atoms with Crippen LogP contribution in [0.25, 0.3) is 0 Å². The lowest BCUT2D eigenvalue weighted by atomic mass is 10.4. The molecule has 0 aliphatic heterocycles. The van der Waals surface area contributed by atoms with Gasteiger partial charge in [-0.15, -0.1) is 0 Å². The van der Waals surface area contributed by atoms with E-state index >= 15 is 0 Å². The number of nitrogens with two attached hydrogens (primary N) is 1. The van der Waals surface area contributed by atoms with Crippen LogP contribution in [-0.4, -0.2) is 48.9 Å². The quantitative estimate of drug-likeness (QED) is 0.768. The van der Waals surface area contributed by atoms with Crippen molar-refractivity contribution in [2.75, 3.05) is 37.4 Å². The minimum Gasteiger partial charge on any atom is -0.394 e. The first-order valence-corrected chi connectivity index (χ1v) is 7.37. The Morgan fingerprint density at radius 3 is 2.56 bits per heavy atom. The Morgan fingerprint density at radius 2 is 2.06 bits per heavy atom. The average molecular weight is 275 g/mol. The van der Waals surface area contributed by atoms with Crippen molar-refractivity contribution in [1.82, 2.24) is 14.1 Å². The number of nitrogens with zero attached hydrogens (tertiary/aromatic N) is 3. The highest BCUT2D eigenvalue weighted by Gasteiger charge is 2.15. The highest BCUT2D eigenvalue weighted by atomic mass is 32.2. The minimum absolute atomic E-state index is 0.0212. The number of aryl methyl sites for hydroxylation is 2. The minimum atomic E-state index is -3.19. The van der Waals surface area contributed by atoms with Gasteiger partial charge in [0.05, 0.1) is 17.1 Å². The summed E-state index contributed by atoms with van der Waals surface area (Å²) in [5, 5.41) is 7.28. The molecule has 0 aromatic carbocycles. The first-order valence-electron chi connectivity index (χ1n) is 5.76. The highest BCUT2D eigenvalue weighted by Crippen LogP contribution is 2.21. The van der Waals surface area contributed by atoms with Crippen LogP contribution >= 0.6 is 0 Å². The van der Waals surface area contributed by atoms with Crippen LogP contribution in [0, 0.1) is 6.92 Å². The molecular formula is C10H21N5O2S. The number of sulfonamides is 1. The Hall–Kier alpha value is -1.28. The number of anilines is 2. The standard InChI is InChI=1S/C10H21N5O2S/c1-5-15-10(9(11)8(2)13-15)12-6-7-18(16,17)14(3)4/h12H,5-7,11H2,1-4H3. The summed E-state index contributed by atoms with van der Waals surface area (Å²) < 4.78 is 26.1. The van der Waals surface area contributed by atoms with Crippen molar-refractivity contribution in [2.24, 2.45) is 0 Å². The van der Waals surface area contributed by atoms with Gasteiger partial charge in [-0.25, -0.2) is 17.4 Å². The molecule has 0 bridgehead atoms. The SMILES string of the molecule is CCn1nc(C)c(N)c1NCCS(=O)(=O)N(C)C. The third kappa shape index (κ3) is 3.14. The smallest absolute Gasteiger partial charge is 0.215 e. The molecule has 0 fully saturated rings. The second kappa shape index (κ2) is 5.57. The summed E-state index contributed by atoms with van der Waals surface area (Å²) >= 11 is 0. The van der Waals surface area contributed by atoms with Crippen molar-refractivity contribution in [3.05, 3.63) is 5.69 Å². The number of nitrogen functional groups attached to an aromatic ring is 1. The summed E-state index contributed by atoms with van der Waals surface area (Å²) in [4.78, 5) is 0. The molecule has 1 rings (SSSR count). The van der Waals surface area contributed by atoms with Crippen LogP contribution in [0.1, 0.15) is 12.6 Å². The number of rotatable bonds is 6. The van der Waals surface area contributed by atoms with Gasteiger partial charge >= 0.3 is 0 Å². The Balaban J connectivity index is 2.70. The predicted molar refractivity (Wildman–Crippen MR) is 73.0 cm³/mol. The van der Waals surface area contributed by atoms with Crippen LogP contribution in [0.15, 0.2) is 0 Å². The molecule has 0 saturated carbocycles. The average Bonchev–Trinajstić information content (AvgIpc) is 2.56. The fourth-order valence-electron chi connectivity index (χ4n) is 1.49. The van der Waals surface area contributed by atoms with Crippen molar-refractivity contribution in [3.8, 4) is 0 Å². The van der Waals surface area contributed by atoms with Gasteiger partial charge in [-0.3, -0.25) is 0 Å². The Morgan fingerprint density at radius 1 is 1.44 bits per heavy atom. The molecular weight excluding hydrogens is 254 g/mol. The second-order valence-electron chi connectivity index (χ2n) is 4.19. The maximum Gasteiger partial charge on any atom is 0.215 e. The maximum atomic E-state index is 11.6. The van der Waals surface area contributed by atoms with E-state index in [1.54, 1.807) is 4.68 Å². The van der Waals surface area contributed by atoms with Gasteiger partial charge in [0.15, 0.2) is 0 Å². The van der Waals surface area contributed by atoms with Crippen LogP contribution in [0.5, 0.6) is 0 Å². The molecule has 1 heterocycles. The first-order chi connectivity index (χ1) is 8.29. The van der Waals surface area contributed by atoms with E-state index in [9.17, 15) is 8.42 Å². The van der Waals surface area contributed by atoms with Crippen molar-refractivity contribution < 1.29 is 8.42 Å². The number of hydrogen-bond donors (Lipinski definition) is 2. The molecule has 0 radical (unpaired) electrons. The monoisotopic (exact) mass is 275 g/mol. The maximum absolute atomic E-state index is 11.6. The predicted octanol–water partition coefficient (Wildman–Crippen LogP) is 0.0969. The van der Waals surface area contributed by atoms with Crippen LogP contribution in [-0.2, 0) is 16.6 Å². The summed E-state index contributed by atoms with van der Waals surface area (Å²) in [7, 11) is -0.158. The lowest BCUT2D eigenvalue weighted by Crippen LogP contribution is -2.28. The van der Waals surface area contributed by atoms with Crippen molar-refractivity contribution in [3.63, 3.8) is 0 Å². The summed E-state index contributed by atoms with van der Waals surface area (Å²) in [6.07, 6.45) is 0. The van der Waals surface area contributed by atoms with Crippen LogP contribution < -0.4 is 11.1 Å². The summed E-state index contributed by atoms with van der Waals surface area (Å²) in [5.74, 6) is 0.705. The van der Waals surface area contributed by atoms with E-state index in [1.165, 1.54) is 18.4 Å². The normalized spacial score (nSPS) is 12.1. The van der Waals surface area contributed by atoms with Crippen LogP contribution in [0.4, 0.5) is 11.5 Å². The molecule has 0 atom stereocenters. The van der Waals surface area contributed by atoms with E-state index in [0.717, 1.165) is 5.69 Å². The summed E-state index contributed by atoms with van der Waals surface area (Å²) in [6, 6.07) is 0. The molecule has 0 amide bonds. The number of aromatic nitrogens is 2. The van der Waals surface area contributed by atoms with E-state index in [0.29, 0.717) is 24.6 Å². The van der Waals surface area contributed by atoms with Crippen molar-refractivity contribution in [2.45, 2.75) is 20.4 Å². The zero-order chi connectivity index (χ0) is 13.9. The fourth-order valence-corrected chi connectivity index (χ4v) is 2.22. The Labute approximate surface area is 108 Å². The van der Waals surface area contributed by atoms with Gasteiger partial charge in [0.2, 0.25) is 10.0 Å². The van der Waals surface area contributed by atoms with Gasteiger partial charge in [0, 0.05) is 27.2 Å². The molecule has 0 saturated heterocycles. The van der Waals surface area contributed by atoms with E-state index in [2.05, 4.69) is 10.4 Å².